The molecule has 0 N–H and O–H groups in total. The second-order valence-electron chi connectivity index (χ2n) is 9.87. The second kappa shape index (κ2) is 9.82. The Morgan fingerprint density at radius 1 is 0.857 bits per heavy atom. The second-order valence-corrected chi connectivity index (χ2v) is 11.8. The van der Waals surface area contributed by atoms with Gasteiger partial charge >= 0.3 is 0 Å². The predicted octanol–water partition coefficient (Wildman–Crippen LogP) is 4.23. The van der Waals surface area contributed by atoms with Crippen LogP contribution in [0.5, 0.6) is 11.5 Å². The fourth-order valence-corrected chi connectivity index (χ4v) is 6.87. The molecule has 0 radical (unpaired) electrons. The highest BCUT2D eigenvalue weighted by molar-refractivity contribution is 7.89. The van der Waals surface area contributed by atoms with E-state index in [0.29, 0.717) is 50.6 Å². The van der Waals surface area contributed by atoms with Gasteiger partial charge in [-0.25, -0.2) is 8.42 Å². The van der Waals surface area contributed by atoms with Crippen LogP contribution in [0.3, 0.4) is 0 Å². The number of fused-ring (bicyclic) bond motifs is 1. The molecule has 0 aliphatic carbocycles. The molecule has 3 aliphatic rings. The van der Waals surface area contributed by atoms with Crippen LogP contribution in [-0.4, -0.2) is 56.4 Å². The number of amides is 1. The summed E-state index contributed by atoms with van der Waals surface area (Å²) >= 11 is 0. The number of piperidine rings is 1. The van der Waals surface area contributed by atoms with Crippen LogP contribution in [0.4, 0.5) is 0 Å². The monoisotopic (exact) mass is 498 g/mol. The van der Waals surface area contributed by atoms with Crippen molar-refractivity contribution in [2.24, 2.45) is 5.92 Å². The molecule has 5 rings (SSSR count). The average Bonchev–Trinajstić information content (AvgIpc) is 3.23. The minimum absolute atomic E-state index is 0.116. The SMILES string of the molecule is Cc1ccc(C2CCCN2C(=O)C2CCN(S(=O)(=O)c3ccc4c(c3)OCCCO4)CC2)cc1C. The van der Waals surface area contributed by atoms with E-state index in [4.69, 9.17) is 9.47 Å². The van der Waals surface area contributed by atoms with Gasteiger partial charge in [-0.3, -0.25) is 4.79 Å². The van der Waals surface area contributed by atoms with Crippen LogP contribution in [0.2, 0.25) is 0 Å². The van der Waals surface area contributed by atoms with E-state index in [2.05, 4.69) is 32.0 Å². The van der Waals surface area contributed by atoms with Gasteiger partial charge in [-0.1, -0.05) is 18.2 Å². The Kier molecular flexibility index (Phi) is 6.77. The Morgan fingerprint density at radius 2 is 1.60 bits per heavy atom. The van der Waals surface area contributed by atoms with Crippen LogP contribution in [0.25, 0.3) is 0 Å². The lowest BCUT2D eigenvalue weighted by Crippen LogP contribution is -2.44. The van der Waals surface area contributed by atoms with Gasteiger partial charge in [0.1, 0.15) is 0 Å². The first-order valence-corrected chi connectivity index (χ1v) is 14.1. The molecule has 3 aliphatic heterocycles. The van der Waals surface area contributed by atoms with Crippen LogP contribution in [0.1, 0.15) is 54.8 Å². The Labute approximate surface area is 208 Å². The van der Waals surface area contributed by atoms with Gasteiger partial charge in [-0.15, -0.1) is 0 Å². The van der Waals surface area contributed by atoms with Gasteiger partial charge in [0.05, 0.1) is 24.2 Å². The molecule has 7 nitrogen and oxygen atoms in total. The molecule has 1 unspecified atom stereocenters. The summed E-state index contributed by atoms with van der Waals surface area (Å²) in [5.74, 6) is 1.07. The smallest absolute Gasteiger partial charge is 0.243 e. The summed E-state index contributed by atoms with van der Waals surface area (Å²) in [7, 11) is -3.67. The van der Waals surface area contributed by atoms with Crippen molar-refractivity contribution >= 4 is 15.9 Å². The maximum Gasteiger partial charge on any atom is 0.243 e. The van der Waals surface area contributed by atoms with Crippen LogP contribution >= 0.6 is 0 Å². The molecule has 35 heavy (non-hydrogen) atoms. The van der Waals surface area contributed by atoms with Crippen molar-refractivity contribution in [2.45, 2.75) is 56.9 Å². The van der Waals surface area contributed by atoms with E-state index in [1.807, 2.05) is 4.90 Å². The van der Waals surface area contributed by atoms with Gasteiger partial charge in [0.2, 0.25) is 15.9 Å². The fraction of sp³-hybridized carbons (Fsp3) is 0.519. The van der Waals surface area contributed by atoms with Crippen molar-refractivity contribution in [2.75, 3.05) is 32.8 Å². The molecule has 0 bridgehead atoms. The molecule has 0 saturated carbocycles. The van der Waals surface area contributed by atoms with E-state index in [-0.39, 0.29) is 22.8 Å². The normalized spacial score (nSPS) is 21.7. The van der Waals surface area contributed by atoms with E-state index in [1.54, 1.807) is 18.2 Å². The number of hydrogen-bond donors (Lipinski definition) is 0. The van der Waals surface area contributed by atoms with Gasteiger partial charge in [-0.2, -0.15) is 4.31 Å². The van der Waals surface area contributed by atoms with Gasteiger partial charge in [0.15, 0.2) is 11.5 Å². The molecule has 1 atom stereocenters. The third kappa shape index (κ3) is 4.78. The molecule has 2 saturated heterocycles. The highest BCUT2D eigenvalue weighted by Gasteiger charge is 2.38. The van der Waals surface area contributed by atoms with Crippen LogP contribution < -0.4 is 9.47 Å². The molecule has 1 amide bonds. The van der Waals surface area contributed by atoms with Crippen molar-refractivity contribution in [3.63, 3.8) is 0 Å². The number of carbonyl (C=O) groups excluding carboxylic acids is 1. The first-order chi connectivity index (χ1) is 16.8. The van der Waals surface area contributed by atoms with Crippen molar-refractivity contribution in [1.82, 2.24) is 9.21 Å². The average molecular weight is 499 g/mol. The van der Waals surface area contributed by atoms with Crippen LogP contribution in [0, 0.1) is 19.8 Å². The Morgan fingerprint density at radius 3 is 2.34 bits per heavy atom. The molecule has 188 valence electrons. The number of hydrogen-bond acceptors (Lipinski definition) is 5. The lowest BCUT2D eigenvalue weighted by atomic mass is 9.94. The summed E-state index contributed by atoms with van der Waals surface area (Å²) in [4.78, 5) is 15.7. The first-order valence-electron chi connectivity index (χ1n) is 12.6. The number of carbonyl (C=O) groups is 1. The molecule has 0 spiro atoms. The van der Waals surface area contributed by atoms with Crippen LogP contribution in [0.15, 0.2) is 41.3 Å². The largest absolute Gasteiger partial charge is 0.490 e. The molecular weight excluding hydrogens is 464 g/mol. The molecule has 0 aromatic heterocycles. The number of ether oxygens (including phenoxy) is 2. The number of rotatable bonds is 4. The van der Waals surface area contributed by atoms with Crippen molar-refractivity contribution < 1.29 is 22.7 Å². The summed E-state index contributed by atoms with van der Waals surface area (Å²) in [5.41, 5.74) is 3.70. The standard InChI is InChI=1S/C27H34N2O5S/c1-19-6-7-22(17-20(19)2)24-5-3-12-29(24)27(30)21-10-13-28(14-11-21)35(31,32)23-8-9-25-26(18-23)34-16-4-15-33-25/h6-9,17-18,21,24H,3-5,10-16H2,1-2H3. The minimum Gasteiger partial charge on any atom is -0.490 e. The van der Waals surface area contributed by atoms with E-state index in [1.165, 1.54) is 21.0 Å². The van der Waals surface area contributed by atoms with E-state index in [0.717, 1.165) is 25.8 Å². The Hall–Kier alpha value is -2.58. The molecule has 2 aromatic carbocycles. The zero-order chi connectivity index (χ0) is 24.6. The van der Waals surface area contributed by atoms with Crippen LogP contribution in [-0.2, 0) is 14.8 Å². The quantitative estimate of drug-likeness (QED) is 0.631. The zero-order valence-corrected chi connectivity index (χ0v) is 21.4. The maximum absolute atomic E-state index is 13.5. The highest BCUT2D eigenvalue weighted by Crippen LogP contribution is 2.37. The number of sulfonamides is 1. The number of benzene rings is 2. The van der Waals surface area contributed by atoms with Gasteiger partial charge in [0.25, 0.3) is 0 Å². The Balaban J connectivity index is 1.25. The fourth-order valence-electron chi connectivity index (χ4n) is 5.38. The summed E-state index contributed by atoms with van der Waals surface area (Å²) in [6.07, 6.45) is 3.82. The summed E-state index contributed by atoms with van der Waals surface area (Å²) in [6.45, 7) is 6.73. The third-order valence-corrected chi connectivity index (χ3v) is 9.51. The van der Waals surface area contributed by atoms with Crippen molar-refractivity contribution in [3.8, 4) is 11.5 Å². The third-order valence-electron chi connectivity index (χ3n) is 7.61. The van der Waals surface area contributed by atoms with Crippen molar-refractivity contribution in [3.05, 3.63) is 53.1 Å². The molecule has 8 heteroatoms. The molecule has 2 aromatic rings. The molecule has 3 heterocycles. The van der Waals surface area contributed by atoms with Gasteiger partial charge in [0, 0.05) is 38.0 Å². The Bertz CT molecular complexity index is 1200. The summed E-state index contributed by atoms with van der Waals surface area (Å²) < 4.78 is 39.5. The van der Waals surface area contributed by atoms with Gasteiger partial charge < -0.3 is 14.4 Å². The maximum atomic E-state index is 13.5. The number of nitrogens with zero attached hydrogens (tertiary/aromatic N) is 2. The predicted molar refractivity (Wildman–Crippen MR) is 133 cm³/mol. The highest BCUT2D eigenvalue weighted by atomic mass is 32.2. The lowest BCUT2D eigenvalue weighted by Gasteiger charge is -2.34. The van der Waals surface area contributed by atoms with E-state index in [9.17, 15) is 13.2 Å². The molecular formula is C27H34N2O5S. The lowest BCUT2D eigenvalue weighted by molar-refractivity contribution is -0.137. The number of aryl methyl sites for hydroxylation is 2. The first kappa shape index (κ1) is 24.1. The summed E-state index contributed by atoms with van der Waals surface area (Å²) in [5, 5.41) is 0. The summed E-state index contributed by atoms with van der Waals surface area (Å²) in [6, 6.07) is 11.4. The van der Waals surface area contributed by atoms with Crippen molar-refractivity contribution in [1.29, 1.82) is 0 Å². The molecule has 2 fully saturated rings. The van der Waals surface area contributed by atoms with E-state index >= 15 is 0 Å². The van der Waals surface area contributed by atoms with Gasteiger partial charge in [-0.05, 0) is 68.4 Å². The number of likely N-dealkylation sites (tertiary alicyclic amines) is 1. The van der Waals surface area contributed by atoms with E-state index < -0.39 is 10.0 Å². The zero-order valence-electron chi connectivity index (χ0n) is 20.5. The topological polar surface area (TPSA) is 76.2 Å². The minimum atomic E-state index is -3.67.